The molecule has 6 nitrogen and oxygen atoms in total. The molecule has 1 rings (SSSR count). The Labute approximate surface area is 127 Å². The minimum absolute atomic E-state index is 0.0687. The van der Waals surface area contributed by atoms with Gasteiger partial charge in [-0.25, -0.2) is 9.18 Å². The van der Waals surface area contributed by atoms with Crippen LogP contribution in [0.25, 0.3) is 0 Å². The molecule has 22 heavy (non-hydrogen) atoms. The van der Waals surface area contributed by atoms with Crippen LogP contribution in [0.5, 0.6) is 0 Å². The zero-order valence-corrected chi connectivity index (χ0v) is 12.6. The summed E-state index contributed by atoms with van der Waals surface area (Å²) in [5, 5.41) is 2.45. The number of carbonyl (C=O) groups is 3. The van der Waals surface area contributed by atoms with Crippen molar-refractivity contribution in [1.29, 1.82) is 0 Å². The molecule has 0 aromatic heterocycles. The highest BCUT2D eigenvalue weighted by molar-refractivity contribution is 5.96. The Bertz CT molecular complexity index is 561. The molecule has 2 atom stereocenters. The molecular weight excluding hydrogens is 293 g/mol. The van der Waals surface area contributed by atoms with E-state index in [1.807, 2.05) is 0 Å². The molecule has 0 aliphatic carbocycles. The lowest BCUT2D eigenvalue weighted by atomic mass is 9.98. The number of nitrogens with one attached hydrogen (secondary N) is 1. The third-order valence-electron chi connectivity index (χ3n) is 3.11. The van der Waals surface area contributed by atoms with Crippen LogP contribution < -0.4 is 5.32 Å². The van der Waals surface area contributed by atoms with Gasteiger partial charge in [0.2, 0.25) is 0 Å². The lowest BCUT2D eigenvalue weighted by Gasteiger charge is -2.22. The minimum atomic E-state index is -1.04. The van der Waals surface area contributed by atoms with Crippen LogP contribution in [0.15, 0.2) is 24.3 Å². The third-order valence-corrected chi connectivity index (χ3v) is 3.11. The average molecular weight is 311 g/mol. The summed E-state index contributed by atoms with van der Waals surface area (Å²) in [5.41, 5.74) is 0.0687. The lowest BCUT2D eigenvalue weighted by Crippen LogP contribution is -2.46. The van der Waals surface area contributed by atoms with Crippen molar-refractivity contribution < 1.29 is 28.2 Å². The van der Waals surface area contributed by atoms with Gasteiger partial charge in [-0.1, -0.05) is 13.0 Å². The lowest BCUT2D eigenvalue weighted by molar-refractivity contribution is -0.146. The Morgan fingerprint density at radius 2 is 1.91 bits per heavy atom. The Morgan fingerprint density at radius 3 is 2.45 bits per heavy atom. The zero-order valence-electron chi connectivity index (χ0n) is 12.6. The van der Waals surface area contributed by atoms with Crippen molar-refractivity contribution in [2.45, 2.75) is 19.4 Å². The van der Waals surface area contributed by atoms with Crippen LogP contribution in [-0.4, -0.2) is 38.1 Å². The molecule has 1 amide bonds. The highest BCUT2D eigenvalue weighted by Gasteiger charge is 2.30. The third kappa shape index (κ3) is 4.83. The van der Waals surface area contributed by atoms with E-state index in [-0.39, 0.29) is 12.0 Å². The van der Waals surface area contributed by atoms with Gasteiger partial charge in [0, 0.05) is 5.56 Å². The van der Waals surface area contributed by atoms with Crippen LogP contribution in [0.4, 0.5) is 4.39 Å². The topological polar surface area (TPSA) is 81.7 Å². The van der Waals surface area contributed by atoms with Gasteiger partial charge in [0.1, 0.15) is 11.9 Å². The van der Waals surface area contributed by atoms with Crippen molar-refractivity contribution in [2.75, 3.05) is 14.2 Å². The van der Waals surface area contributed by atoms with Crippen LogP contribution in [0.1, 0.15) is 23.7 Å². The number of hydrogen-bond acceptors (Lipinski definition) is 5. The maximum absolute atomic E-state index is 13.1. The van der Waals surface area contributed by atoms with Crippen molar-refractivity contribution in [3.8, 4) is 0 Å². The molecule has 0 saturated heterocycles. The molecule has 1 aromatic rings. The number of esters is 2. The second-order valence-corrected chi connectivity index (χ2v) is 4.74. The van der Waals surface area contributed by atoms with Crippen LogP contribution in [0.3, 0.4) is 0 Å². The second-order valence-electron chi connectivity index (χ2n) is 4.74. The first kappa shape index (κ1) is 17.6. The molecule has 7 heteroatoms. The van der Waals surface area contributed by atoms with Gasteiger partial charge in [-0.05, 0) is 24.1 Å². The molecular formula is C15H18FNO5. The molecule has 0 bridgehead atoms. The largest absolute Gasteiger partial charge is 0.469 e. The van der Waals surface area contributed by atoms with Gasteiger partial charge < -0.3 is 14.8 Å². The van der Waals surface area contributed by atoms with E-state index in [9.17, 15) is 18.8 Å². The summed E-state index contributed by atoms with van der Waals surface area (Å²) >= 11 is 0. The van der Waals surface area contributed by atoms with Crippen molar-refractivity contribution >= 4 is 17.8 Å². The average Bonchev–Trinajstić information content (AvgIpc) is 2.51. The van der Waals surface area contributed by atoms with Crippen molar-refractivity contribution in [3.05, 3.63) is 35.6 Å². The van der Waals surface area contributed by atoms with Gasteiger partial charge in [0.25, 0.3) is 5.91 Å². The fourth-order valence-corrected chi connectivity index (χ4v) is 1.88. The van der Waals surface area contributed by atoms with E-state index < -0.39 is 35.6 Å². The molecule has 0 spiro atoms. The van der Waals surface area contributed by atoms with Gasteiger partial charge in [-0.3, -0.25) is 9.59 Å². The summed E-state index contributed by atoms with van der Waals surface area (Å²) in [7, 11) is 2.40. The number of hydrogen-bond donors (Lipinski definition) is 1. The monoisotopic (exact) mass is 311 g/mol. The van der Waals surface area contributed by atoms with E-state index in [1.54, 1.807) is 6.92 Å². The summed E-state index contributed by atoms with van der Waals surface area (Å²) in [6, 6.07) is 4.01. The number of ether oxygens (including phenoxy) is 2. The van der Waals surface area contributed by atoms with E-state index in [2.05, 4.69) is 14.8 Å². The highest BCUT2D eigenvalue weighted by Crippen LogP contribution is 2.12. The first-order chi connectivity index (χ1) is 10.4. The second kappa shape index (κ2) is 8.11. The van der Waals surface area contributed by atoms with Crippen LogP contribution in [-0.2, 0) is 19.1 Å². The fourth-order valence-electron chi connectivity index (χ4n) is 1.88. The van der Waals surface area contributed by atoms with E-state index >= 15 is 0 Å². The molecule has 0 radical (unpaired) electrons. The highest BCUT2D eigenvalue weighted by atomic mass is 19.1. The van der Waals surface area contributed by atoms with Crippen molar-refractivity contribution in [3.63, 3.8) is 0 Å². The Kier molecular flexibility index (Phi) is 6.49. The first-order valence-corrected chi connectivity index (χ1v) is 6.60. The predicted molar refractivity (Wildman–Crippen MR) is 75.5 cm³/mol. The molecule has 1 N–H and O–H groups in total. The summed E-state index contributed by atoms with van der Waals surface area (Å²) in [6.07, 6.45) is -0.0697. The first-order valence-electron chi connectivity index (χ1n) is 6.60. The normalized spacial score (nSPS) is 12.9. The predicted octanol–water partition coefficient (Wildman–Crippen LogP) is 1.30. The standard InChI is InChI=1S/C15H18FNO5/c1-9(7-12(18)21-2)13(15(20)22-3)17-14(19)10-5-4-6-11(16)8-10/h4-6,8-9,13H,7H2,1-3H3,(H,17,19)/t9-,13-/m0/s1. The number of methoxy groups -OCH3 is 2. The molecule has 0 aliphatic heterocycles. The molecule has 0 heterocycles. The van der Waals surface area contributed by atoms with Gasteiger partial charge in [0.15, 0.2) is 0 Å². The van der Waals surface area contributed by atoms with E-state index in [1.165, 1.54) is 32.4 Å². The SMILES string of the molecule is COC(=O)C[C@H](C)[C@H](NC(=O)c1cccc(F)c1)C(=O)OC. The van der Waals surface area contributed by atoms with Gasteiger partial charge in [0.05, 0.1) is 20.6 Å². The van der Waals surface area contributed by atoms with E-state index in [0.717, 1.165) is 6.07 Å². The number of carbonyl (C=O) groups excluding carboxylic acids is 3. The summed E-state index contributed by atoms with van der Waals surface area (Å²) in [5.74, 6) is -2.95. The maximum Gasteiger partial charge on any atom is 0.328 e. The smallest absolute Gasteiger partial charge is 0.328 e. The zero-order chi connectivity index (χ0) is 16.7. The molecule has 120 valence electrons. The summed E-state index contributed by atoms with van der Waals surface area (Å²) < 4.78 is 22.3. The van der Waals surface area contributed by atoms with Crippen molar-refractivity contribution in [2.24, 2.45) is 5.92 Å². The summed E-state index contributed by atoms with van der Waals surface area (Å²) in [6.45, 7) is 1.60. The molecule has 0 saturated carbocycles. The fraction of sp³-hybridized carbons (Fsp3) is 0.400. The maximum atomic E-state index is 13.1. The van der Waals surface area contributed by atoms with E-state index in [4.69, 9.17) is 0 Å². The number of halogens is 1. The molecule has 0 fully saturated rings. The van der Waals surface area contributed by atoms with Gasteiger partial charge >= 0.3 is 11.9 Å². The Morgan fingerprint density at radius 1 is 1.23 bits per heavy atom. The van der Waals surface area contributed by atoms with Crippen LogP contribution in [0, 0.1) is 11.7 Å². The Hall–Kier alpha value is -2.44. The van der Waals surface area contributed by atoms with Gasteiger partial charge in [-0.2, -0.15) is 0 Å². The van der Waals surface area contributed by atoms with Gasteiger partial charge in [-0.15, -0.1) is 0 Å². The summed E-state index contributed by atoms with van der Waals surface area (Å²) in [4.78, 5) is 35.2. The molecule has 1 aromatic carbocycles. The molecule has 0 aliphatic rings. The number of rotatable bonds is 6. The van der Waals surface area contributed by atoms with Crippen LogP contribution in [0.2, 0.25) is 0 Å². The van der Waals surface area contributed by atoms with Crippen LogP contribution >= 0.6 is 0 Å². The number of amides is 1. The van der Waals surface area contributed by atoms with E-state index in [0.29, 0.717) is 0 Å². The Balaban J connectivity index is 2.87. The minimum Gasteiger partial charge on any atom is -0.469 e. The molecule has 0 unspecified atom stereocenters. The number of benzene rings is 1. The quantitative estimate of drug-likeness (QED) is 0.801. The van der Waals surface area contributed by atoms with Crippen molar-refractivity contribution in [1.82, 2.24) is 5.32 Å².